The number of carbonyl (C=O) groups excluding carboxylic acids is 1. The van der Waals surface area contributed by atoms with Crippen LogP contribution >= 0.6 is 0 Å². The molecule has 0 radical (unpaired) electrons. The van der Waals surface area contributed by atoms with Gasteiger partial charge in [-0.3, -0.25) is 4.68 Å². The van der Waals surface area contributed by atoms with Crippen LogP contribution in [0.4, 0.5) is 4.79 Å². The Morgan fingerprint density at radius 2 is 2.09 bits per heavy atom. The molecule has 124 valence electrons. The van der Waals surface area contributed by atoms with Gasteiger partial charge in [-0.1, -0.05) is 30.3 Å². The Morgan fingerprint density at radius 3 is 2.74 bits per heavy atom. The molecule has 0 aliphatic heterocycles. The van der Waals surface area contributed by atoms with E-state index in [0.717, 1.165) is 12.0 Å². The van der Waals surface area contributed by atoms with Gasteiger partial charge in [-0.15, -0.1) is 0 Å². The molecule has 3 N–H and O–H groups in total. The third-order valence-corrected chi connectivity index (χ3v) is 3.52. The van der Waals surface area contributed by atoms with E-state index in [1.54, 1.807) is 11.0 Å². The van der Waals surface area contributed by atoms with Crippen LogP contribution in [0.5, 0.6) is 0 Å². The number of benzene rings is 1. The highest BCUT2D eigenvalue weighted by Crippen LogP contribution is 2.14. The third-order valence-electron chi connectivity index (χ3n) is 3.52. The van der Waals surface area contributed by atoms with Crippen LogP contribution in [0.3, 0.4) is 0 Å². The van der Waals surface area contributed by atoms with Crippen LogP contribution in [0, 0.1) is 0 Å². The van der Waals surface area contributed by atoms with Gasteiger partial charge < -0.3 is 15.7 Å². The number of rotatable bonds is 8. The van der Waals surface area contributed by atoms with Gasteiger partial charge in [0.2, 0.25) is 0 Å². The molecular weight excluding hydrogens is 294 g/mol. The minimum atomic E-state index is -0.232. The molecule has 7 heteroatoms. The molecule has 0 bridgehead atoms. The summed E-state index contributed by atoms with van der Waals surface area (Å²) in [5, 5.41) is 18.8. The fraction of sp³-hybridized carbons (Fsp3) is 0.438. The summed E-state index contributed by atoms with van der Waals surface area (Å²) in [6.45, 7) is 2.55. The minimum absolute atomic E-state index is 0.00458. The number of nitrogens with zero attached hydrogens (tertiary/aromatic N) is 3. The van der Waals surface area contributed by atoms with Gasteiger partial charge in [-0.2, -0.15) is 5.10 Å². The average Bonchev–Trinajstić information content (AvgIpc) is 3.06. The van der Waals surface area contributed by atoms with Gasteiger partial charge in [0.15, 0.2) is 0 Å². The van der Waals surface area contributed by atoms with Crippen LogP contribution in [-0.4, -0.2) is 38.6 Å². The van der Waals surface area contributed by atoms with E-state index >= 15 is 0 Å². The van der Waals surface area contributed by atoms with E-state index in [-0.39, 0.29) is 24.7 Å². The number of amides is 2. The lowest BCUT2D eigenvalue weighted by molar-refractivity contribution is 0.229. The highest BCUT2D eigenvalue weighted by molar-refractivity contribution is 5.74. The van der Waals surface area contributed by atoms with Crippen LogP contribution in [-0.2, 0) is 6.54 Å². The molecule has 1 heterocycles. The molecule has 0 saturated heterocycles. The average molecular weight is 317 g/mol. The number of carbonyl (C=O) groups is 1. The van der Waals surface area contributed by atoms with Crippen LogP contribution in [0.15, 0.2) is 43.0 Å². The summed E-state index contributed by atoms with van der Waals surface area (Å²) in [7, 11) is 0. The first kappa shape index (κ1) is 17.0. The van der Waals surface area contributed by atoms with Gasteiger partial charge in [0.05, 0.1) is 12.6 Å². The monoisotopic (exact) mass is 317 g/mol. The van der Waals surface area contributed by atoms with Crippen molar-refractivity contribution in [2.75, 3.05) is 6.61 Å². The molecule has 0 saturated carbocycles. The van der Waals surface area contributed by atoms with E-state index in [1.165, 1.54) is 6.33 Å². The molecule has 1 aromatic heterocycles. The Labute approximate surface area is 135 Å². The van der Waals surface area contributed by atoms with E-state index < -0.39 is 0 Å². The molecule has 2 unspecified atom stereocenters. The Kier molecular flexibility index (Phi) is 6.56. The largest absolute Gasteiger partial charge is 0.396 e. The van der Waals surface area contributed by atoms with Gasteiger partial charge >= 0.3 is 6.03 Å². The number of aliphatic hydroxyl groups excluding tert-OH is 1. The molecule has 2 atom stereocenters. The molecule has 0 fully saturated rings. The summed E-state index contributed by atoms with van der Waals surface area (Å²) < 4.78 is 1.69. The zero-order valence-electron chi connectivity index (χ0n) is 13.2. The van der Waals surface area contributed by atoms with Crippen LogP contribution < -0.4 is 10.6 Å². The molecular formula is C16H23N5O2. The zero-order valence-corrected chi connectivity index (χ0v) is 13.2. The molecule has 2 aromatic rings. The Hall–Kier alpha value is -2.41. The van der Waals surface area contributed by atoms with Gasteiger partial charge in [0.1, 0.15) is 12.7 Å². The predicted octanol–water partition coefficient (Wildman–Crippen LogP) is 1.48. The van der Waals surface area contributed by atoms with Crippen LogP contribution in [0.2, 0.25) is 0 Å². The standard InChI is InChI=1S/C16H23N5O2/c1-13(6-5-9-22)19-16(23)20-15(10-21-12-17-11-18-21)14-7-3-2-4-8-14/h2-4,7-8,11-13,15,22H,5-6,9-10H2,1H3,(H2,19,20,23). The zero-order chi connectivity index (χ0) is 16.5. The molecule has 0 aliphatic carbocycles. The Morgan fingerprint density at radius 1 is 1.30 bits per heavy atom. The van der Waals surface area contributed by atoms with Crippen molar-refractivity contribution < 1.29 is 9.90 Å². The van der Waals surface area contributed by atoms with Gasteiger partial charge in [-0.25, -0.2) is 9.78 Å². The van der Waals surface area contributed by atoms with Crippen molar-refractivity contribution in [3.05, 3.63) is 48.5 Å². The summed E-state index contributed by atoms with van der Waals surface area (Å²) in [4.78, 5) is 16.1. The van der Waals surface area contributed by atoms with E-state index in [9.17, 15) is 4.79 Å². The number of aromatic nitrogens is 3. The maximum atomic E-state index is 12.2. The SMILES string of the molecule is CC(CCCO)NC(=O)NC(Cn1cncn1)c1ccccc1. The topological polar surface area (TPSA) is 92.1 Å². The van der Waals surface area contributed by atoms with Crippen molar-refractivity contribution in [3.63, 3.8) is 0 Å². The summed E-state index contributed by atoms with van der Waals surface area (Å²) in [6, 6.07) is 9.32. The van der Waals surface area contributed by atoms with E-state index in [2.05, 4.69) is 20.7 Å². The molecule has 0 aliphatic rings. The Bertz CT molecular complexity index is 573. The van der Waals surface area contributed by atoms with E-state index in [0.29, 0.717) is 13.0 Å². The summed E-state index contributed by atoms with van der Waals surface area (Å²) >= 11 is 0. The predicted molar refractivity (Wildman–Crippen MR) is 86.7 cm³/mol. The van der Waals surface area contributed by atoms with Gasteiger partial charge in [0, 0.05) is 12.6 Å². The maximum Gasteiger partial charge on any atom is 0.315 e. The number of hydrogen-bond donors (Lipinski definition) is 3. The molecule has 2 amide bonds. The molecule has 7 nitrogen and oxygen atoms in total. The van der Waals surface area contributed by atoms with Crippen LogP contribution in [0.1, 0.15) is 31.4 Å². The normalized spacial score (nSPS) is 13.3. The van der Waals surface area contributed by atoms with Gasteiger partial charge in [-0.05, 0) is 25.3 Å². The van der Waals surface area contributed by atoms with Gasteiger partial charge in [0.25, 0.3) is 0 Å². The van der Waals surface area contributed by atoms with E-state index in [1.807, 2.05) is 37.3 Å². The van der Waals surface area contributed by atoms with E-state index in [4.69, 9.17) is 5.11 Å². The maximum absolute atomic E-state index is 12.2. The molecule has 2 rings (SSSR count). The fourth-order valence-corrected chi connectivity index (χ4v) is 2.33. The smallest absolute Gasteiger partial charge is 0.315 e. The highest BCUT2D eigenvalue weighted by atomic mass is 16.3. The molecule has 1 aromatic carbocycles. The summed E-state index contributed by atoms with van der Waals surface area (Å²) in [5.41, 5.74) is 1.00. The number of hydrogen-bond acceptors (Lipinski definition) is 4. The quantitative estimate of drug-likeness (QED) is 0.687. The van der Waals surface area contributed by atoms with Crippen molar-refractivity contribution in [2.45, 2.75) is 38.4 Å². The lowest BCUT2D eigenvalue weighted by Gasteiger charge is -2.21. The second-order valence-electron chi connectivity index (χ2n) is 5.47. The van der Waals surface area contributed by atoms with Crippen LogP contribution in [0.25, 0.3) is 0 Å². The second-order valence-corrected chi connectivity index (χ2v) is 5.47. The summed E-state index contributed by atoms with van der Waals surface area (Å²) in [5.74, 6) is 0. The van der Waals surface area contributed by atoms with Crippen molar-refractivity contribution in [1.82, 2.24) is 25.4 Å². The number of urea groups is 1. The summed E-state index contributed by atoms with van der Waals surface area (Å²) in [6.07, 6.45) is 4.50. The van der Waals surface area contributed by atoms with Crippen molar-refractivity contribution in [1.29, 1.82) is 0 Å². The molecule has 0 spiro atoms. The minimum Gasteiger partial charge on any atom is -0.396 e. The highest BCUT2D eigenvalue weighted by Gasteiger charge is 2.16. The lowest BCUT2D eigenvalue weighted by atomic mass is 10.1. The first-order valence-electron chi connectivity index (χ1n) is 7.74. The molecule has 23 heavy (non-hydrogen) atoms. The number of nitrogens with one attached hydrogen (secondary N) is 2. The third kappa shape index (κ3) is 5.71. The Balaban J connectivity index is 1.98. The van der Waals surface area contributed by atoms with Crippen molar-refractivity contribution in [3.8, 4) is 0 Å². The van der Waals surface area contributed by atoms with Crippen molar-refractivity contribution >= 4 is 6.03 Å². The lowest BCUT2D eigenvalue weighted by Crippen LogP contribution is -2.43. The van der Waals surface area contributed by atoms with Crippen molar-refractivity contribution in [2.24, 2.45) is 0 Å². The fourth-order valence-electron chi connectivity index (χ4n) is 2.33. The first-order chi connectivity index (χ1) is 11.2. The first-order valence-corrected chi connectivity index (χ1v) is 7.74. The number of aliphatic hydroxyl groups is 1. The second kappa shape index (κ2) is 8.89.